The average molecular weight is 250 g/mol. The van der Waals surface area contributed by atoms with Crippen LogP contribution in [0.25, 0.3) is 0 Å². The molecule has 1 aliphatic carbocycles. The first-order chi connectivity index (χ1) is 8.81. The summed E-state index contributed by atoms with van der Waals surface area (Å²) in [6.45, 7) is 2.45. The highest BCUT2D eigenvalue weighted by molar-refractivity contribution is 5.08. The third-order valence-electron chi connectivity index (χ3n) is 4.34. The highest BCUT2D eigenvalue weighted by atomic mass is 16.5. The van der Waals surface area contributed by atoms with Gasteiger partial charge in [0, 0.05) is 32.4 Å². The molecule has 3 rings (SSSR count). The number of nitrogens with two attached hydrogens (primary N) is 1. The fourth-order valence-corrected chi connectivity index (χ4v) is 3.46. The van der Waals surface area contributed by atoms with Gasteiger partial charge in [-0.25, -0.2) is 4.98 Å². The molecule has 0 aromatic carbocycles. The molecular weight excluding hydrogens is 228 g/mol. The van der Waals surface area contributed by atoms with Crippen LogP contribution < -0.4 is 5.73 Å². The lowest BCUT2D eigenvalue weighted by Gasteiger charge is -2.42. The van der Waals surface area contributed by atoms with Crippen molar-refractivity contribution in [2.24, 2.45) is 12.8 Å². The van der Waals surface area contributed by atoms with E-state index in [0.717, 1.165) is 13.2 Å². The van der Waals surface area contributed by atoms with Crippen LogP contribution >= 0.6 is 0 Å². The maximum absolute atomic E-state index is 6.02. The monoisotopic (exact) mass is 250 g/mol. The molecule has 1 saturated heterocycles. The van der Waals surface area contributed by atoms with Crippen molar-refractivity contribution in [2.75, 3.05) is 19.7 Å². The first-order valence-electron chi connectivity index (χ1n) is 6.85. The van der Waals surface area contributed by atoms with E-state index in [9.17, 15) is 0 Å². The molecule has 2 heterocycles. The molecule has 1 aromatic heterocycles. The van der Waals surface area contributed by atoms with Crippen LogP contribution in [0.4, 0.5) is 0 Å². The minimum Gasteiger partial charge on any atom is -0.375 e. The Morgan fingerprint density at radius 2 is 2.44 bits per heavy atom. The Balaban J connectivity index is 1.85. The van der Waals surface area contributed by atoms with Crippen LogP contribution in [-0.4, -0.2) is 46.3 Å². The Kier molecular flexibility index (Phi) is 3.37. The van der Waals surface area contributed by atoms with E-state index < -0.39 is 0 Å². The number of aromatic nitrogens is 2. The maximum atomic E-state index is 6.02. The summed E-state index contributed by atoms with van der Waals surface area (Å²) in [4.78, 5) is 6.76. The maximum Gasteiger partial charge on any atom is 0.0946 e. The predicted molar refractivity (Wildman–Crippen MR) is 69.1 cm³/mol. The van der Waals surface area contributed by atoms with Gasteiger partial charge in [0.2, 0.25) is 0 Å². The predicted octanol–water partition coefficient (Wildman–Crippen LogP) is 0.673. The second kappa shape index (κ2) is 4.99. The van der Waals surface area contributed by atoms with Crippen molar-refractivity contribution in [3.63, 3.8) is 0 Å². The molecule has 5 nitrogen and oxygen atoms in total. The van der Waals surface area contributed by atoms with Crippen LogP contribution in [0, 0.1) is 0 Å². The molecule has 3 unspecified atom stereocenters. The van der Waals surface area contributed by atoms with Crippen LogP contribution in [0.15, 0.2) is 12.5 Å². The quantitative estimate of drug-likeness (QED) is 0.857. The summed E-state index contributed by atoms with van der Waals surface area (Å²) < 4.78 is 7.95. The van der Waals surface area contributed by atoms with Gasteiger partial charge >= 0.3 is 0 Å². The standard InChI is InChI=1S/C13H22N4O/c1-16-9-15-8-12(16)11(7-14)17-5-6-18-13-4-2-3-10(13)17/h8-11,13H,2-7,14H2,1H3. The summed E-state index contributed by atoms with van der Waals surface area (Å²) >= 11 is 0. The van der Waals surface area contributed by atoms with Gasteiger partial charge in [0.25, 0.3) is 0 Å². The molecule has 3 atom stereocenters. The minimum absolute atomic E-state index is 0.270. The largest absolute Gasteiger partial charge is 0.375 e. The molecule has 0 bridgehead atoms. The van der Waals surface area contributed by atoms with E-state index in [1.807, 2.05) is 19.6 Å². The van der Waals surface area contributed by atoms with Gasteiger partial charge in [-0.2, -0.15) is 0 Å². The van der Waals surface area contributed by atoms with E-state index >= 15 is 0 Å². The van der Waals surface area contributed by atoms with Gasteiger partial charge in [-0.3, -0.25) is 4.90 Å². The molecule has 1 saturated carbocycles. The highest BCUT2D eigenvalue weighted by Gasteiger charge is 2.39. The van der Waals surface area contributed by atoms with Crippen LogP contribution in [-0.2, 0) is 11.8 Å². The zero-order valence-corrected chi connectivity index (χ0v) is 11.0. The van der Waals surface area contributed by atoms with Crippen molar-refractivity contribution in [3.05, 3.63) is 18.2 Å². The second-order valence-electron chi connectivity index (χ2n) is 5.33. The Morgan fingerprint density at radius 1 is 1.56 bits per heavy atom. The molecular formula is C13H22N4O. The third-order valence-corrected chi connectivity index (χ3v) is 4.34. The summed E-state index contributed by atoms with van der Waals surface area (Å²) in [7, 11) is 2.04. The zero-order chi connectivity index (χ0) is 12.5. The molecule has 1 aromatic rings. The number of morpholine rings is 1. The van der Waals surface area contributed by atoms with Crippen molar-refractivity contribution in [3.8, 4) is 0 Å². The molecule has 2 aliphatic rings. The highest BCUT2D eigenvalue weighted by Crippen LogP contribution is 2.34. The van der Waals surface area contributed by atoms with Crippen molar-refractivity contribution < 1.29 is 4.74 Å². The number of aryl methyl sites for hydroxylation is 1. The normalized spacial score (nSPS) is 30.3. The van der Waals surface area contributed by atoms with Gasteiger partial charge in [-0.1, -0.05) is 0 Å². The number of hydrogen-bond acceptors (Lipinski definition) is 4. The Bertz CT molecular complexity index is 405. The van der Waals surface area contributed by atoms with Crippen molar-refractivity contribution in [1.82, 2.24) is 14.5 Å². The molecule has 1 aliphatic heterocycles. The number of fused-ring (bicyclic) bond motifs is 1. The van der Waals surface area contributed by atoms with Gasteiger partial charge in [0.15, 0.2) is 0 Å². The van der Waals surface area contributed by atoms with Crippen LogP contribution in [0.3, 0.4) is 0 Å². The molecule has 0 radical (unpaired) electrons. The molecule has 2 fully saturated rings. The Morgan fingerprint density at radius 3 is 3.17 bits per heavy atom. The first kappa shape index (κ1) is 12.1. The van der Waals surface area contributed by atoms with E-state index in [2.05, 4.69) is 14.5 Å². The molecule has 100 valence electrons. The van der Waals surface area contributed by atoms with E-state index in [0.29, 0.717) is 18.7 Å². The smallest absolute Gasteiger partial charge is 0.0946 e. The van der Waals surface area contributed by atoms with E-state index in [4.69, 9.17) is 10.5 Å². The van der Waals surface area contributed by atoms with Crippen molar-refractivity contribution in [1.29, 1.82) is 0 Å². The summed E-state index contributed by atoms with van der Waals surface area (Å²) in [6.07, 6.45) is 7.92. The summed E-state index contributed by atoms with van der Waals surface area (Å²) in [5, 5.41) is 0. The van der Waals surface area contributed by atoms with Gasteiger partial charge < -0.3 is 15.0 Å². The van der Waals surface area contributed by atoms with E-state index in [1.54, 1.807) is 0 Å². The lowest BCUT2D eigenvalue weighted by atomic mass is 10.1. The average Bonchev–Trinajstić information content (AvgIpc) is 3.00. The minimum atomic E-state index is 0.270. The van der Waals surface area contributed by atoms with Crippen LogP contribution in [0.5, 0.6) is 0 Å². The molecule has 5 heteroatoms. The van der Waals surface area contributed by atoms with E-state index in [1.165, 1.54) is 25.0 Å². The number of rotatable bonds is 3. The number of imidazole rings is 1. The van der Waals surface area contributed by atoms with Gasteiger partial charge in [0.05, 0.1) is 30.8 Å². The zero-order valence-electron chi connectivity index (χ0n) is 11.0. The summed E-state index contributed by atoms with van der Waals surface area (Å²) in [5.41, 5.74) is 7.24. The van der Waals surface area contributed by atoms with Crippen molar-refractivity contribution >= 4 is 0 Å². The molecule has 0 amide bonds. The van der Waals surface area contributed by atoms with Gasteiger partial charge in [-0.15, -0.1) is 0 Å². The number of ether oxygens (including phenoxy) is 1. The third kappa shape index (κ3) is 1.96. The fourth-order valence-electron chi connectivity index (χ4n) is 3.46. The van der Waals surface area contributed by atoms with Crippen LogP contribution in [0.2, 0.25) is 0 Å². The van der Waals surface area contributed by atoms with Crippen LogP contribution in [0.1, 0.15) is 31.0 Å². The first-order valence-corrected chi connectivity index (χ1v) is 6.85. The topological polar surface area (TPSA) is 56.3 Å². The summed E-state index contributed by atoms with van der Waals surface area (Å²) in [5.74, 6) is 0. The summed E-state index contributed by atoms with van der Waals surface area (Å²) in [6, 6.07) is 0.814. The van der Waals surface area contributed by atoms with Gasteiger partial charge in [-0.05, 0) is 19.3 Å². The number of nitrogens with zero attached hydrogens (tertiary/aromatic N) is 3. The lowest BCUT2D eigenvalue weighted by Crippen LogP contribution is -2.51. The second-order valence-corrected chi connectivity index (χ2v) is 5.33. The molecule has 0 spiro atoms. The molecule has 2 N–H and O–H groups in total. The Hall–Kier alpha value is -0.910. The van der Waals surface area contributed by atoms with Crippen molar-refractivity contribution in [2.45, 2.75) is 37.5 Å². The molecule has 18 heavy (non-hydrogen) atoms. The Labute approximate surface area is 108 Å². The SMILES string of the molecule is Cn1cncc1C(CN)N1CCOC2CCCC21. The number of hydrogen-bond donors (Lipinski definition) is 1. The van der Waals surface area contributed by atoms with E-state index in [-0.39, 0.29) is 6.04 Å². The lowest BCUT2D eigenvalue weighted by molar-refractivity contribution is -0.0720. The van der Waals surface area contributed by atoms with Gasteiger partial charge in [0.1, 0.15) is 0 Å². The fraction of sp³-hybridized carbons (Fsp3) is 0.769.